The monoisotopic (exact) mass is 313 g/mol. The molecule has 1 aliphatic heterocycles. The van der Waals surface area contributed by atoms with Crippen LogP contribution in [-0.4, -0.2) is 7.11 Å². The van der Waals surface area contributed by atoms with Crippen LogP contribution in [0.15, 0.2) is 48.6 Å². The molecule has 1 N–H and O–H groups in total. The molecule has 0 amide bonds. The Morgan fingerprint density at radius 3 is 2.78 bits per heavy atom. The number of ether oxygens (including phenoxy) is 1. The van der Waals surface area contributed by atoms with Crippen molar-refractivity contribution in [2.45, 2.75) is 18.4 Å². The maximum atomic E-state index is 14.3. The number of fused-ring (bicyclic) bond motifs is 3. The van der Waals surface area contributed by atoms with Crippen molar-refractivity contribution >= 4 is 5.69 Å². The van der Waals surface area contributed by atoms with Crippen LogP contribution in [0.25, 0.3) is 0 Å². The number of methoxy groups -OCH3 is 1. The average molecular weight is 313 g/mol. The molecule has 4 rings (SSSR count). The van der Waals surface area contributed by atoms with Gasteiger partial charge in [0.25, 0.3) is 0 Å². The minimum atomic E-state index is -0.543. The van der Waals surface area contributed by atoms with Crippen molar-refractivity contribution in [3.05, 3.63) is 71.3 Å². The molecule has 23 heavy (non-hydrogen) atoms. The third-order valence-electron chi connectivity index (χ3n) is 4.86. The van der Waals surface area contributed by atoms with Crippen LogP contribution in [-0.2, 0) is 0 Å². The fourth-order valence-electron chi connectivity index (χ4n) is 3.85. The maximum Gasteiger partial charge on any atom is 0.149 e. The van der Waals surface area contributed by atoms with Gasteiger partial charge in [-0.15, -0.1) is 0 Å². The molecule has 0 bridgehead atoms. The summed E-state index contributed by atoms with van der Waals surface area (Å²) in [6, 6.07) is 10.1. The van der Waals surface area contributed by atoms with Crippen molar-refractivity contribution < 1.29 is 13.5 Å². The first kappa shape index (κ1) is 14.2. The molecule has 0 spiro atoms. The Morgan fingerprint density at radius 1 is 1.13 bits per heavy atom. The van der Waals surface area contributed by atoms with Crippen molar-refractivity contribution in [1.82, 2.24) is 0 Å². The van der Waals surface area contributed by atoms with Crippen molar-refractivity contribution in [2.24, 2.45) is 5.92 Å². The second-order valence-electron chi connectivity index (χ2n) is 6.07. The molecule has 2 aromatic carbocycles. The van der Waals surface area contributed by atoms with Crippen LogP contribution >= 0.6 is 0 Å². The van der Waals surface area contributed by atoms with Crippen LogP contribution in [0, 0.1) is 17.6 Å². The molecule has 2 aliphatic rings. The number of anilines is 1. The lowest BCUT2D eigenvalue weighted by atomic mass is 9.76. The summed E-state index contributed by atoms with van der Waals surface area (Å²) in [7, 11) is 1.63. The number of nitrogens with one attached hydrogen (secondary N) is 1. The molecule has 0 aromatic heterocycles. The van der Waals surface area contributed by atoms with Gasteiger partial charge in [0.05, 0.1) is 18.8 Å². The van der Waals surface area contributed by atoms with E-state index in [1.807, 2.05) is 24.3 Å². The third-order valence-corrected chi connectivity index (χ3v) is 4.86. The second-order valence-corrected chi connectivity index (χ2v) is 6.07. The van der Waals surface area contributed by atoms with E-state index in [9.17, 15) is 8.78 Å². The first-order valence-electron chi connectivity index (χ1n) is 7.74. The van der Waals surface area contributed by atoms with E-state index in [4.69, 9.17) is 4.74 Å². The number of benzene rings is 2. The Bertz CT molecular complexity index is 787. The van der Waals surface area contributed by atoms with Gasteiger partial charge < -0.3 is 10.1 Å². The van der Waals surface area contributed by atoms with E-state index in [1.54, 1.807) is 7.11 Å². The van der Waals surface area contributed by atoms with Crippen molar-refractivity contribution in [2.75, 3.05) is 12.4 Å². The average Bonchev–Trinajstić information content (AvgIpc) is 3.04. The van der Waals surface area contributed by atoms with Gasteiger partial charge in [-0.2, -0.15) is 0 Å². The van der Waals surface area contributed by atoms with Gasteiger partial charge in [-0.1, -0.05) is 30.4 Å². The number of hydrogen-bond acceptors (Lipinski definition) is 2. The zero-order chi connectivity index (χ0) is 16.0. The van der Waals surface area contributed by atoms with Crippen LogP contribution in [0.3, 0.4) is 0 Å². The Morgan fingerprint density at radius 2 is 1.96 bits per heavy atom. The lowest BCUT2D eigenvalue weighted by Gasteiger charge is -2.38. The van der Waals surface area contributed by atoms with E-state index in [1.165, 1.54) is 6.07 Å². The summed E-state index contributed by atoms with van der Waals surface area (Å²) in [6.07, 6.45) is 5.03. The molecular formula is C19H17F2NO. The highest BCUT2D eigenvalue weighted by atomic mass is 19.1. The summed E-state index contributed by atoms with van der Waals surface area (Å²) < 4.78 is 33.4. The molecule has 0 radical (unpaired) electrons. The van der Waals surface area contributed by atoms with Crippen LogP contribution in [0.4, 0.5) is 14.5 Å². The highest BCUT2D eigenvalue weighted by Crippen LogP contribution is 2.51. The predicted molar refractivity (Wildman–Crippen MR) is 85.7 cm³/mol. The van der Waals surface area contributed by atoms with E-state index < -0.39 is 11.6 Å². The Hall–Kier alpha value is -2.36. The van der Waals surface area contributed by atoms with Crippen LogP contribution < -0.4 is 10.1 Å². The first-order valence-corrected chi connectivity index (χ1v) is 7.74. The zero-order valence-corrected chi connectivity index (χ0v) is 12.7. The van der Waals surface area contributed by atoms with Gasteiger partial charge in [-0.25, -0.2) is 8.78 Å². The summed E-state index contributed by atoms with van der Waals surface area (Å²) in [5, 5.41) is 3.29. The second kappa shape index (κ2) is 5.37. The summed E-state index contributed by atoms with van der Waals surface area (Å²) in [4.78, 5) is 0. The number of allylic oxidation sites excluding steroid dienone is 2. The molecule has 4 heteroatoms. The van der Waals surface area contributed by atoms with Crippen LogP contribution in [0.5, 0.6) is 5.75 Å². The van der Waals surface area contributed by atoms with E-state index in [-0.39, 0.29) is 17.9 Å². The van der Waals surface area contributed by atoms with Crippen molar-refractivity contribution in [1.29, 1.82) is 0 Å². The minimum absolute atomic E-state index is 0.0198. The number of para-hydroxylation sites is 1. The van der Waals surface area contributed by atoms with Gasteiger partial charge in [0, 0.05) is 17.5 Å². The van der Waals surface area contributed by atoms with Crippen LogP contribution in [0.2, 0.25) is 0 Å². The molecule has 0 saturated carbocycles. The molecule has 3 atom stereocenters. The van der Waals surface area contributed by atoms with Gasteiger partial charge >= 0.3 is 0 Å². The number of halogens is 2. The van der Waals surface area contributed by atoms with E-state index in [0.717, 1.165) is 23.8 Å². The Labute approximate surface area is 133 Å². The molecule has 2 nitrogen and oxygen atoms in total. The van der Waals surface area contributed by atoms with Crippen molar-refractivity contribution in [3.63, 3.8) is 0 Å². The number of hydrogen-bond donors (Lipinski definition) is 1. The highest BCUT2D eigenvalue weighted by Gasteiger charge is 2.40. The van der Waals surface area contributed by atoms with Gasteiger partial charge in [-0.3, -0.25) is 0 Å². The van der Waals surface area contributed by atoms with Crippen molar-refractivity contribution in [3.8, 4) is 5.75 Å². The fraction of sp³-hybridized carbons (Fsp3) is 0.263. The number of rotatable bonds is 2. The molecule has 0 unspecified atom stereocenters. The smallest absolute Gasteiger partial charge is 0.149 e. The quantitative estimate of drug-likeness (QED) is 0.804. The predicted octanol–water partition coefficient (Wildman–Crippen LogP) is 4.80. The van der Waals surface area contributed by atoms with E-state index in [2.05, 4.69) is 17.5 Å². The lowest BCUT2D eigenvalue weighted by Crippen LogP contribution is -2.30. The van der Waals surface area contributed by atoms with Gasteiger partial charge in [0.1, 0.15) is 17.4 Å². The summed E-state index contributed by atoms with van der Waals surface area (Å²) in [5.74, 6) is -0.0514. The molecule has 2 aromatic rings. The summed E-state index contributed by atoms with van der Waals surface area (Å²) in [6.45, 7) is 0. The standard InChI is InChI=1S/C19H17F2NO/c1-23-17-8-3-2-5-14(17)18-13-7-4-6-12(13)15-9-11(20)10-16(21)19(15)22-18/h2-6,8-10,12-13,18,22H,7H2,1H3/t12-,13-,18+/m0/s1. The zero-order valence-electron chi connectivity index (χ0n) is 12.7. The highest BCUT2D eigenvalue weighted by molar-refractivity contribution is 5.61. The van der Waals surface area contributed by atoms with E-state index in [0.29, 0.717) is 11.3 Å². The minimum Gasteiger partial charge on any atom is -0.496 e. The Kier molecular flexibility index (Phi) is 3.33. The molecule has 1 heterocycles. The fourth-order valence-corrected chi connectivity index (χ4v) is 3.85. The van der Waals surface area contributed by atoms with Gasteiger partial charge in [0.15, 0.2) is 0 Å². The lowest BCUT2D eigenvalue weighted by molar-refractivity contribution is 0.379. The molecular weight excluding hydrogens is 296 g/mol. The molecule has 0 fully saturated rings. The summed E-state index contributed by atoms with van der Waals surface area (Å²) >= 11 is 0. The molecule has 1 aliphatic carbocycles. The summed E-state index contributed by atoms with van der Waals surface area (Å²) in [5.41, 5.74) is 2.10. The largest absolute Gasteiger partial charge is 0.496 e. The van der Waals surface area contributed by atoms with Gasteiger partial charge in [0.2, 0.25) is 0 Å². The normalized spacial score (nSPS) is 24.7. The third kappa shape index (κ3) is 2.21. The first-order chi connectivity index (χ1) is 11.2. The van der Waals surface area contributed by atoms with Gasteiger partial charge in [-0.05, 0) is 30.0 Å². The topological polar surface area (TPSA) is 21.3 Å². The molecule has 118 valence electrons. The molecule has 0 saturated heterocycles. The maximum absolute atomic E-state index is 14.3. The van der Waals surface area contributed by atoms with E-state index >= 15 is 0 Å². The Balaban J connectivity index is 1.85. The SMILES string of the molecule is COc1ccccc1[C@@H]1Nc2c(F)cc(F)cc2[C@H]2C=CC[C@@H]21. The van der Waals surface area contributed by atoms with Crippen LogP contribution in [0.1, 0.15) is 29.5 Å².